The number of aliphatic imine (C=N–C) groups is 1. The normalized spacial score (nSPS) is 17.5. The fraction of sp³-hybridized carbons (Fsp3) is 0.417. The van der Waals surface area contributed by atoms with Gasteiger partial charge in [0.05, 0.1) is 10.5 Å². The van der Waals surface area contributed by atoms with E-state index >= 15 is 0 Å². The van der Waals surface area contributed by atoms with E-state index in [1.54, 1.807) is 19.1 Å². The van der Waals surface area contributed by atoms with Gasteiger partial charge in [-0.1, -0.05) is 6.07 Å². The number of rotatable bonds is 2. The Bertz CT molecular complexity index is 506. The highest BCUT2D eigenvalue weighted by molar-refractivity contribution is 5.97. The lowest BCUT2D eigenvalue weighted by Gasteiger charge is -2.07. The van der Waals surface area contributed by atoms with Crippen LogP contribution in [0.25, 0.3) is 0 Å². The molecule has 0 saturated carbocycles. The Kier molecular flexibility index (Phi) is 2.61. The summed E-state index contributed by atoms with van der Waals surface area (Å²) < 4.78 is 5.50. The first kappa shape index (κ1) is 11.6. The van der Waals surface area contributed by atoms with E-state index in [1.165, 1.54) is 6.07 Å². The van der Waals surface area contributed by atoms with Crippen molar-refractivity contribution in [2.45, 2.75) is 26.3 Å². The third-order valence-electron chi connectivity index (χ3n) is 2.70. The van der Waals surface area contributed by atoms with Crippen LogP contribution in [0.3, 0.4) is 0 Å². The van der Waals surface area contributed by atoms with Crippen LogP contribution in [0.5, 0.6) is 0 Å². The minimum atomic E-state index is -0.389. The zero-order chi connectivity index (χ0) is 12.6. The molecule has 1 aromatic carbocycles. The van der Waals surface area contributed by atoms with Crippen molar-refractivity contribution in [2.75, 3.05) is 6.61 Å². The van der Waals surface area contributed by atoms with Crippen LogP contribution in [0, 0.1) is 17.0 Å². The van der Waals surface area contributed by atoms with Crippen molar-refractivity contribution in [3.05, 3.63) is 39.4 Å². The van der Waals surface area contributed by atoms with E-state index in [1.807, 2.05) is 13.8 Å². The van der Waals surface area contributed by atoms with E-state index in [0.29, 0.717) is 23.6 Å². The second kappa shape index (κ2) is 3.84. The van der Waals surface area contributed by atoms with Crippen molar-refractivity contribution in [3.8, 4) is 0 Å². The molecule has 5 nitrogen and oxygen atoms in total. The number of nitrogens with zero attached hydrogens (tertiary/aromatic N) is 2. The smallest absolute Gasteiger partial charge is 0.273 e. The van der Waals surface area contributed by atoms with Crippen LogP contribution in [-0.2, 0) is 4.74 Å². The molecule has 0 aliphatic carbocycles. The van der Waals surface area contributed by atoms with Crippen molar-refractivity contribution in [1.82, 2.24) is 0 Å². The molecule has 1 aliphatic heterocycles. The highest BCUT2D eigenvalue weighted by Crippen LogP contribution is 2.26. The molecular formula is C12H14N2O3. The Labute approximate surface area is 99.3 Å². The average molecular weight is 234 g/mol. The Balaban J connectivity index is 2.48. The zero-order valence-corrected chi connectivity index (χ0v) is 10.1. The summed E-state index contributed by atoms with van der Waals surface area (Å²) in [6.07, 6.45) is 0. The first-order valence-corrected chi connectivity index (χ1v) is 5.38. The van der Waals surface area contributed by atoms with Crippen molar-refractivity contribution in [2.24, 2.45) is 4.99 Å². The maximum atomic E-state index is 10.8. The van der Waals surface area contributed by atoms with E-state index in [-0.39, 0.29) is 16.1 Å². The topological polar surface area (TPSA) is 64.7 Å². The molecule has 0 saturated heterocycles. The van der Waals surface area contributed by atoms with Crippen LogP contribution in [0.4, 0.5) is 5.69 Å². The summed E-state index contributed by atoms with van der Waals surface area (Å²) in [6, 6.07) is 4.93. The number of hydrogen-bond donors (Lipinski definition) is 0. The Morgan fingerprint density at radius 2 is 2.18 bits per heavy atom. The summed E-state index contributed by atoms with van der Waals surface area (Å²) in [4.78, 5) is 14.9. The molecular weight excluding hydrogens is 220 g/mol. The summed E-state index contributed by atoms with van der Waals surface area (Å²) in [5.41, 5.74) is 1.13. The molecule has 0 bridgehead atoms. The number of benzene rings is 1. The maximum Gasteiger partial charge on any atom is 0.273 e. The molecule has 0 atom stereocenters. The van der Waals surface area contributed by atoms with E-state index in [4.69, 9.17) is 4.74 Å². The van der Waals surface area contributed by atoms with Crippen molar-refractivity contribution in [3.63, 3.8) is 0 Å². The molecule has 2 rings (SSSR count). The number of nitro benzene ring substituents is 1. The lowest BCUT2D eigenvalue weighted by atomic mass is 10.1. The molecule has 1 heterocycles. The lowest BCUT2D eigenvalue weighted by molar-refractivity contribution is -0.385. The fourth-order valence-electron chi connectivity index (χ4n) is 1.78. The first-order chi connectivity index (χ1) is 7.91. The van der Waals surface area contributed by atoms with Gasteiger partial charge in [0.2, 0.25) is 5.90 Å². The Morgan fingerprint density at radius 1 is 1.47 bits per heavy atom. The number of ether oxygens (including phenoxy) is 1. The monoisotopic (exact) mass is 234 g/mol. The van der Waals surface area contributed by atoms with E-state index < -0.39 is 0 Å². The van der Waals surface area contributed by atoms with Gasteiger partial charge in [0.15, 0.2) is 0 Å². The van der Waals surface area contributed by atoms with Gasteiger partial charge in [0.1, 0.15) is 6.61 Å². The summed E-state index contributed by atoms with van der Waals surface area (Å²) in [5, 5.41) is 10.8. The van der Waals surface area contributed by atoms with Crippen LogP contribution in [0.2, 0.25) is 0 Å². The minimum Gasteiger partial charge on any atom is -0.475 e. The largest absolute Gasteiger partial charge is 0.475 e. The molecule has 0 fully saturated rings. The van der Waals surface area contributed by atoms with Crippen molar-refractivity contribution in [1.29, 1.82) is 0 Å². The third-order valence-corrected chi connectivity index (χ3v) is 2.70. The quantitative estimate of drug-likeness (QED) is 0.583. The highest BCUT2D eigenvalue weighted by Gasteiger charge is 2.29. The summed E-state index contributed by atoms with van der Waals surface area (Å²) in [7, 11) is 0. The third kappa shape index (κ3) is 2.13. The van der Waals surface area contributed by atoms with Gasteiger partial charge in [-0.25, -0.2) is 4.99 Å². The molecule has 0 radical (unpaired) electrons. The zero-order valence-electron chi connectivity index (χ0n) is 10.1. The van der Waals surface area contributed by atoms with Crippen LogP contribution >= 0.6 is 0 Å². The maximum absolute atomic E-state index is 10.8. The first-order valence-electron chi connectivity index (χ1n) is 5.38. The molecule has 5 heteroatoms. The van der Waals surface area contributed by atoms with Crippen LogP contribution in [-0.4, -0.2) is 23.0 Å². The number of hydrogen-bond acceptors (Lipinski definition) is 4. The molecule has 1 aliphatic rings. The van der Waals surface area contributed by atoms with Gasteiger partial charge in [-0.2, -0.15) is 0 Å². The van der Waals surface area contributed by atoms with E-state index in [9.17, 15) is 10.1 Å². The minimum absolute atomic E-state index is 0.0958. The van der Waals surface area contributed by atoms with Gasteiger partial charge in [0.25, 0.3) is 5.69 Å². The van der Waals surface area contributed by atoms with Gasteiger partial charge >= 0.3 is 0 Å². The van der Waals surface area contributed by atoms with Crippen LogP contribution in [0.1, 0.15) is 25.0 Å². The Hall–Kier alpha value is -1.91. The van der Waals surface area contributed by atoms with Gasteiger partial charge < -0.3 is 4.74 Å². The standard InChI is InChI=1S/C12H14N2O3/c1-8-9(5-4-6-10(8)14(15)16)11-13-12(2,3)7-17-11/h4-6H,7H2,1-3H3. The molecule has 90 valence electrons. The van der Waals surface area contributed by atoms with Crippen molar-refractivity contribution >= 4 is 11.6 Å². The fourth-order valence-corrected chi connectivity index (χ4v) is 1.78. The predicted octanol–water partition coefficient (Wildman–Crippen LogP) is 2.46. The SMILES string of the molecule is Cc1c(C2=NC(C)(C)CO2)cccc1[N+](=O)[O-]. The van der Waals surface area contributed by atoms with E-state index in [0.717, 1.165) is 0 Å². The molecule has 0 aromatic heterocycles. The van der Waals surface area contributed by atoms with E-state index in [2.05, 4.69) is 4.99 Å². The molecule has 1 aromatic rings. The molecule has 0 spiro atoms. The number of nitro groups is 1. The van der Waals surface area contributed by atoms with Crippen LogP contribution < -0.4 is 0 Å². The van der Waals surface area contributed by atoms with Gasteiger partial charge in [-0.3, -0.25) is 10.1 Å². The molecule has 17 heavy (non-hydrogen) atoms. The molecule has 0 amide bonds. The average Bonchev–Trinajstić information content (AvgIpc) is 2.58. The predicted molar refractivity (Wildman–Crippen MR) is 64.4 cm³/mol. The molecule has 0 unspecified atom stereocenters. The Morgan fingerprint density at radius 3 is 2.71 bits per heavy atom. The van der Waals surface area contributed by atoms with Crippen LogP contribution in [0.15, 0.2) is 23.2 Å². The van der Waals surface area contributed by atoms with Gasteiger partial charge in [0, 0.05) is 17.2 Å². The van der Waals surface area contributed by atoms with Gasteiger partial charge in [-0.15, -0.1) is 0 Å². The summed E-state index contributed by atoms with van der Waals surface area (Å²) in [6.45, 7) is 6.15. The second-order valence-electron chi connectivity index (χ2n) is 4.72. The van der Waals surface area contributed by atoms with Crippen molar-refractivity contribution < 1.29 is 9.66 Å². The summed E-state index contributed by atoms with van der Waals surface area (Å²) >= 11 is 0. The second-order valence-corrected chi connectivity index (χ2v) is 4.72. The summed E-state index contributed by atoms with van der Waals surface area (Å²) in [5.74, 6) is 0.496. The lowest BCUT2D eigenvalue weighted by Crippen LogP contribution is -2.17. The highest BCUT2D eigenvalue weighted by atomic mass is 16.6. The molecule has 0 N–H and O–H groups in total. The van der Waals surface area contributed by atoms with Gasteiger partial charge in [-0.05, 0) is 26.8 Å².